The number of amides is 2. The van der Waals surface area contributed by atoms with Gasteiger partial charge in [-0.25, -0.2) is 0 Å². The van der Waals surface area contributed by atoms with Gasteiger partial charge in [0.25, 0.3) is 15.6 Å². The van der Waals surface area contributed by atoms with Crippen LogP contribution in [0, 0.1) is 0 Å². The van der Waals surface area contributed by atoms with E-state index in [9.17, 15) is 43.2 Å². The fourth-order valence-electron chi connectivity index (χ4n) is 11.7. The summed E-state index contributed by atoms with van der Waals surface area (Å²) in [5, 5.41) is 16.2. The first-order valence-corrected chi connectivity index (χ1v) is 41.7. The van der Waals surface area contributed by atoms with E-state index in [0.29, 0.717) is 25.7 Å². The summed E-state index contributed by atoms with van der Waals surface area (Å²) >= 11 is 0. The molecule has 0 aromatic heterocycles. The Morgan fingerprint density at radius 2 is 0.554 bits per heavy atom. The third-order valence-corrected chi connectivity index (χ3v) is 19.6. The Hall–Kier alpha value is -1.74. The van der Waals surface area contributed by atoms with E-state index >= 15 is 0 Å². The molecule has 5 unspecified atom stereocenters. The van der Waals surface area contributed by atoms with Crippen molar-refractivity contribution in [1.82, 2.24) is 10.6 Å². The number of carbonyl (C=O) groups is 4. The highest BCUT2D eigenvalue weighted by Gasteiger charge is 2.23. The van der Waals surface area contributed by atoms with Crippen molar-refractivity contribution < 1.29 is 66.0 Å². The molecule has 0 aliphatic heterocycles. The molecule has 16 nitrogen and oxygen atoms in total. The van der Waals surface area contributed by atoms with Crippen LogP contribution in [0.5, 0.6) is 0 Å². The Bertz CT molecular complexity index is 1640. The van der Waals surface area contributed by atoms with Gasteiger partial charge in [0.2, 0.25) is 11.8 Å². The van der Waals surface area contributed by atoms with Crippen LogP contribution in [0.2, 0.25) is 0 Å². The Labute approximate surface area is 564 Å². The van der Waals surface area contributed by atoms with Crippen LogP contribution in [0.25, 0.3) is 0 Å². The fourth-order valence-corrected chi connectivity index (χ4v) is 13.3. The minimum atomic E-state index is -5.15. The average Bonchev–Trinajstić information content (AvgIpc) is 3.63. The van der Waals surface area contributed by atoms with Gasteiger partial charge in [-0.3, -0.25) is 28.3 Å². The van der Waals surface area contributed by atoms with Gasteiger partial charge in [0.1, 0.15) is 18.5 Å². The second-order valence-corrected chi connectivity index (χ2v) is 29.8. The number of rotatable bonds is 75. The summed E-state index contributed by atoms with van der Waals surface area (Å²) in [6.07, 6.45) is 60.9. The maximum Gasteiger partial charge on any atom is 0.305 e. The van der Waals surface area contributed by atoms with Gasteiger partial charge in [-0.15, -0.1) is 0 Å². The first-order valence-electron chi connectivity index (χ1n) is 38.8. The molecule has 0 radical (unpaired) electrons. The molecular formula is C74H144N2O14P2-2. The summed E-state index contributed by atoms with van der Waals surface area (Å²) in [5.41, 5.74) is 0. The number of Topliss-reactive ketones (excluding diaryl/α,β-unsaturated/α-hetero) is 1. The highest BCUT2D eigenvalue weighted by atomic mass is 31.2. The van der Waals surface area contributed by atoms with Crippen molar-refractivity contribution in [3.05, 3.63) is 0 Å². The maximum absolute atomic E-state index is 13.1. The van der Waals surface area contributed by atoms with E-state index in [0.717, 1.165) is 83.5 Å². The molecule has 0 fully saturated rings. The highest BCUT2D eigenvalue weighted by Crippen LogP contribution is 2.41. The SMILES string of the molecule is CCCCCCCCCCCCCCCC(=O)CCC(COP(=O)([O-])OCC(O)COP(=O)([O-])OCC(COC(=O)CCCCCCCCCCCCCCC)NC(=O)CCCCCCCCCCCCCCC)NC(=O)CCCCCCCCCCCCCCC. The van der Waals surface area contributed by atoms with Crippen LogP contribution in [-0.4, -0.2) is 79.9 Å². The molecule has 546 valence electrons. The van der Waals surface area contributed by atoms with E-state index in [2.05, 4.69) is 38.3 Å². The van der Waals surface area contributed by atoms with Gasteiger partial charge in [0, 0.05) is 32.1 Å². The molecule has 0 heterocycles. The van der Waals surface area contributed by atoms with Gasteiger partial charge < -0.3 is 48.4 Å². The second-order valence-electron chi connectivity index (χ2n) is 27.0. The Kier molecular flexibility index (Phi) is 66.5. The van der Waals surface area contributed by atoms with Crippen LogP contribution in [-0.2, 0) is 51.1 Å². The molecule has 0 aromatic carbocycles. The van der Waals surface area contributed by atoms with Crippen molar-refractivity contribution >= 4 is 39.2 Å². The number of aliphatic hydroxyl groups is 1. The summed E-state index contributed by atoms with van der Waals surface area (Å²) in [6, 6.07) is -1.82. The molecule has 0 bridgehead atoms. The molecule has 2 amide bonds. The van der Waals surface area contributed by atoms with Crippen LogP contribution in [0.1, 0.15) is 400 Å². The van der Waals surface area contributed by atoms with Gasteiger partial charge in [-0.05, 0) is 32.1 Å². The molecule has 0 spiro atoms. The smallest absolute Gasteiger partial charge is 0.305 e. The van der Waals surface area contributed by atoms with E-state index < -0.39 is 66.2 Å². The third-order valence-electron chi connectivity index (χ3n) is 17.7. The number of phosphoric ester groups is 2. The quantitative estimate of drug-likeness (QED) is 0.0292. The summed E-state index contributed by atoms with van der Waals surface area (Å²) in [6.45, 7) is 5.66. The minimum Gasteiger partial charge on any atom is -0.756 e. The Balaban J connectivity index is 5.25. The zero-order valence-corrected chi connectivity index (χ0v) is 61.7. The van der Waals surface area contributed by atoms with Gasteiger partial charge in [-0.2, -0.15) is 0 Å². The highest BCUT2D eigenvalue weighted by molar-refractivity contribution is 7.46. The van der Waals surface area contributed by atoms with Crippen LogP contribution < -0.4 is 20.4 Å². The molecular weight excluding hydrogens is 1200 g/mol. The Morgan fingerprint density at radius 3 is 0.859 bits per heavy atom. The molecule has 0 aliphatic rings. The van der Waals surface area contributed by atoms with E-state index in [4.69, 9.17) is 22.8 Å². The third kappa shape index (κ3) is 66.9. The first kappa shape index (κ1) is 90.3. The number of carbonyl (C=O) groups excluding carboxylic acids is 4. The largest absolute Gasteiger partial charge is 0.756 e. The van der Waals surface area contributed by atoms with Crippen molar-refractivity contribution in [2.24, 2.45) is 0 Å². The predicted molar refractivity (Wildman–Crippen MR) is 375 cm³/mol. The van der Waals surface area contributed by atoms with E-state index in [1.54, 1.807) is 0 Å². The topological polar surface area (TPSA) is 239 Å². The van der Waals surface area contributed by atoms with E-state index in [-0.39, 0.29) is 56.3 Å². The summed E-state index contributed by atoms with van der Waals surface area (Å²) in [7, 11) is -10.3. The number of aliphatic hydroxyl groups excluding tert-OH is 1. The molecule has 0 saturated heterocycles. The van der Waals surface area contributed by atoms with Crippen molar-refractivity contribution in [3.63, 3.8) is 0 Å². The number of phosphoric acid groups is 2. The lowest BCUT2D eigenvalue weighted by atomic mass is 10.0. The zero-order chi connectivity index (χ0) is 67.5. The van der Waals surface area contributed by atoms with E-state index in [1.807, 2.05) is 0 Å². The van der Waals surface area contributed by atoms with Gasteiger partial charge in [0.05, 0.1) is 38.5 Å². The summed E-state index contributed by atoms with van der Waals surface area (Å²) in [4.78, 5) is 78.0. The standard InChI is InChI=1S/C74H146N2O14P2/c1-5-9-13-17-21-25-29-33-37-41-45-49-53-57-70(77)62-61-68(75-72(79)58-54-50-46-42-38-34-30-26-22-18-14-10-6-2)64-87-91(82,83)89-66-71(78)67-90-92(84,85)88-65-69(76-73(80)59-55-51-47-43-39-35-31-27-23-19-15-11-7-3)63-86-74(81)60-56-52-48-44-40-36-32-28-24-20-16-12-8-4/h68-69,71,78H,5-67H2,1-4H3,(H,75,79)(H,76,80)(H,82,83)(H,84,85)/p-2. The first-order chi connectivity index (χ1) is 44.7. The van der Waals surface area contributed by atoms with Crippen molar-refractivity contribution in [2.45, 2.75) is 418 Å². The average molecular weight is 1350 g/mol. The molecule has 0 aromatic rings. The van der Waals surface area contributed by atoms with Crippen LogP contribution in [0.15, 0.2) is 0 Å². The van der Waals surface area contributed by atoms with Gasteiger partial charge >= 0.3 is 5.97 Å². The van der Waals surface area contributed by atoms with E-state index in [1.165, 1.54) is 231 Å². The lowest BCUT2D eigenvalue weighted by Gasteiger charge is -2.28. The molecule has 3 N–H and O–H groups in total. The van der Waals surface area contributed by atoms with Crippen LogP contribution in [0.4, 0.5) is 0 Å². The number of ether oxygens (including phenoxy) is 1. The van der Waals surface area contributed by atoms with Crippen molar-refractivity contribution in [3.8, 4) is 0 Å². The molecule has 0 rings (SSSR count). The molecule has 92 heavy (non-hydrogen) atoms. The molecule has 18 heteroatoms. The number of ketones is 1. The number of esters is 1. The monoisotopic (exact) mass is 1350 g/mol. The summed E-state index contributed by atoms with van der Waals surface area (Å²) < 4.78 is 51.6. The zero-order valence-electron chi connectivity index (χ0n) is 59.9. The fraction of sp³-hybridized carbons (Fsp3) is 0.946. The number of hydrogen-bond acceptors (Lipinski definition) is 14. The van der Waals surface area contributed by atoms with Crippen LogP contribution >= 0.6 is 15.6 Å². The van der Waals surface area contributed by atoms with Crippen molar-refractivity contribution in [1.29, 1.82) is 0 Å². The molecule has 0 aliphatic carbocycles. The normalized spacial score (nSPS) is 14.0. The maximum atomic E-state index is 13.1. The molecule has 5 atom stereocenters. The number of hydrogen-bond donors (Lipinski definition) is 3. The number of nitrogens with one attached hydrogen (secondary N) is 2. The number of unbranched alkanes of at least 4 members (excludes halogenated alkanes) is 48. The lowest BCUT2D eigenvalue weighted by Crippen LogP contribution is -2.42. The van der Waals surface area contributed by atoms with Gasteiger partial charge in [0.15, 0.2) is 0 Å². The second kappa shape index (κ2) is 67.8. The summed E-state index contributed by atoms with van der Waals surface area (Å²) in [5.74, 6) is -1.02. The lowest BCUT2D eigenvalue weighted by molar-refractivity contribution is -0.231. The van der Waals surface area contributed by atoms with Crippen molar-refractivity contribution in [2.75, 3.05) is 33.0 Å². The minimum absolute atomic E-state index is 0.0347. The van der Waals surface area contributed by atoms with Gasteiger partial charge in [-0.1, -0.05) is 336 Å². The van der Waals surface area contributed by atoms with Crippen LogP contribution in [0.3, 0.4) is 0 Å². The molecule has 0 saturated carbocycles. The Morgan fingerprint density at radius 1 is 0.315 bits per heavy atom. The predicted octanol–water partition coefficient (Wildman–Crippen LogP) is 20.1.